The van der Waals surface area contributed by atoms with Crippen LogP contribution in [0.3, 0.4) is 0 Å². The van der Waals surface area contributed by atoms with E-state index in [1.165, 1.54) is 12.1 Å². The number of aryl methyl sites for hydroxylation is 3. The number of rotatable bonds is 5. The van der Waals surface area contributed by atoms with Crippen molar-refractivity contribution in [3.63, 3.8) is 0 Å². The van der Waals surface area contributed by atoms with Gasteiger partial charge in [-0.1, -0.05) is 5.16 Å². The summed E-state index contributed by atoms with van der Waals surface area (Å²) in [6.45, 7) is 9.37. The van der Waals surface area contributed by atoms with E-state index in [4.69, 9.17) is 8.94 Å². The maximum absolute atomic E-state index is 13.4. The van der Waals surface area contributed by atoms with Crippen molar-refractivity contribution in [3.8, 4) is 0 Å². The molecule has 2 aromatic heterocycles. The number of furan rings is 1. The SMILES string of the molecule is CCNC(=NCc1c(C)noc1C)NCc1oc2ccc(F)cc2c1C.I. The lowest BCUT2D eigenvalue weighted by Gasteiger charge is -2.10. The summed E-state index contributed by atoms with van der Waals surface area (Å²) in [4.78, 5) is 4.58. The van der Waals surface area contributed by atoms with E-state index in [1.807, 2.05) is 27.7 Å². The minimum atomic E-state index is -0.268. The second-order valence-electron chi connectivity index (χ2n) is 6.14. The summed E-state index contributed by atoms with van der Waals surface area (Å²) in [5.41, 5.74) is 3.43. The van der Waals surface area contributed by atoms with Crippen molar-refractivity contribution in [1.82, 2.24) is 15.8 Å². The monoisotopic (exact) mass is 486 g/mol. The van der Waals surface area contributed by atoms with Crippen molar-refractivity contribution < 1.29 is 13.3 Å². The number of aliphatic imine (C=N–C) groups is 1. The Kier molecular flexibility index (Phi) is 7.23. The van der Waals surface area contributed by atoms with Gasteiger partial charge < -0.3 is 19.6 Å². The second kappa shape index (κ2) is 9.20. The quantitative estimate of drug-likeness (QED) is 0.319. The normalized spacial score (nSPS) is 11.5. The number of nitrogens with one attached hydrogen (secondary N) is 2. The molecule has 0 radical (unpaired) electrons. The highest BCUT2D eigenvalue weighted by molar-refractivity contribution is 14.0. The van der Waals surface area contributed by atoms with Gasteiger partial charge in [-0.15, -0.1) is 24.0 Å². The fourth-order valence-electron chi connectivity index (χ4n) is 2.80. The largest absolute Gasteiger partial charge is 0.459 e. The first-order valence-electron chi connectivity index (χ1n) is 8.61. The molecule has 27 heavy (non-hydrogen) atoms. The Morgan fingerprint density at radius 3 is 2.67 bits per heavy atom. The summed E-state index contributed by atoms with van der Waals surface area (Å²) in [6, 6.07) is 4.55. The molecule has 3 rings (SSSR count). The van der Waals surface area contributed by atoms with E-state index in [1.54, 1.807) is 6.07 Å². The fraction of sp³-hybridized carbons (Fsp3) is 0.368. The van der Waals surface area contributed by atoms with Crippen LogP contribution in [0.25, 0.3) is 11.0 Å². The Morgan fingerprint density at radius 2 is 2.00 bits per heavy atom. The number of nitrogens with zero attached hydrogens (tertiary/aromatic N) is 2. The molecular formula is C19H24FIN4O2. The van der Waals surface area contributed by atoms with E-state index >= 15 is 0 Å². The van der Waals surface area contributed by atoms with E-state index in [0.717, 1.165) is 40.3 Å². The highest BCUT2D eigenvalue weighted by Gasteiger charge is 2.12. The Balaban J connectivity index is 0.00000261. The fourth-order valence-corrected chi connectivity index (χ4v) is 2.80. The highest BCUT2D eigenvalue weighted by Crippen LogP contribution is 2.25. The van der Waals surface area contributed by atoms with Crippen LogP contribution in [0.5, 0.6) is 0 Å². The van der Waals surface area contributed by atoms with Crippen LogP contribution in [-0.2, 0) is 13.1 Å². The van der Waals surface area contributed by atoms with E-state index in [9.17, 15) is 4.39 Å². The molecule has 6 nitrogen and oxygen atoms in total. The molecule has 0 fully saturated rings. The van der Waals surface area contributed by atoms with Crippen molar-refractivity contribution in [2.75, 3.05) is 6.54 Å². The standard InChI is InChI=1S/C19H23FN4O2.HI/c1-5-21-19(22-9-16-12(3)24-26-13(16)4)23-10-18-11(2)15-8-14(20)6-7-17(15)25-18;/h6-8H,5,9-10H2,1-4H3,(H2,21,22,23);1H. The van der Waals surface area contributed by atoms with Gasteiger partial charge in [0.25, 0.3) is 0 Å². The van der Waals surface area contributed by atoms with Crippen molar-refractivity contribution >= 4 is 40.9 Å². The minimum absolute atomic E-state index is 0. The van der Waals surface area contributed by atoms with Gasteiger partial charge >= 0.3 is 0 Å². The van der Waals surface area contributed by atoms with Gasteiger partial charge in [-0.3, -0.25) is 0 Å². The molecule has 3 aromatic rings. The van der Waals surface area contributed by atoms with Crippen molar-refractivity contribution in [2.24, 2.45) is 4.99 Å². The van der Waals surface area contributed by atoms with Crippen molar-refractivity contribution in [2.45, 2.75) is 40.8 Å². The maximum atomic E-state index is 13.4. The molecule has 2 N–H and O–H groups in total. The van der Waals surface area contributed by atoms with E-state index in [-0.39, 0.29) is 29.8 Å². The third kappa shape index (κ3) is 4.79. The molecule has 0 saturated heterocycles. The molecule has 0 unspecified atom stereocenters. The number of hydrogen-bond acceptors (Lipinski definition) is 4. The average Bonchev–Trinajstić information content (AvgIpc) is 3.10. The smallest absolute Gasteiger partial charge is 0.191 e. The van der Waals surface area contributed by atoms with Crippen LogP contribution < -0.4 is 10.6 Å². The van der Waals surface area contributed by atoms with Crippen LogP contribution >= 0.6 is 24.0 Å². The number of benzene rings is 1. The molecule has 0 saturated carbocycles. The molecule has 0 spiro atoms. The van der Waals surface area contributed by atoms with Crippen molar-refractivity contribution in [1.29, 1.82) is 0 Å². The summed E-state index contributed by atoms with van der Waals surface area (Å²) in [5, 5.41) is 11.2. The van der Waals surface area contributed by atoms with Gasteiger partial charge in [-0.25, -0.2) is 9.38 Å². The van der Waals surface area contributed by atoms with Crippen LogP contribution in [0.4, 0.5) is 4.39 Å². The molecule has 8 heteroatoms. The molecule has 2 heterocycles. The first kappa shape index (κ1) is 21.2. The number of aromatic nitrogens is 1. The zero-order valence-corrected chi connectivity index (χ0v) is 18.2. The summed E-state index contributed by atoms with van der Waals surface area (Å²) < 4.78 is 24.4. The van der Waals surface area contributed by atoms with Crippen LogP contribution in [0, 0.1) is 26.6 Å². The minimum Gasteiger partial charge on any atom is -0.459 e. The van der Waals surface area contributed by atoms with Gasteiger partial charge in [0.1, 0.15) is 22.9 Å². The Bertz CT molecular complexity index is 929. The van der Waals surface area contributed by atoms with Gasteiger partial charge in [-0.2, -0.15) is 0 Å². The topological polar surface area (TPSA) is 75.6 Å². The molecule has 0 aliphatic rings. The molecule has 0 aliphatic heterocycles. The lowest BCUT2D eigenvalue weighted by atomic mass is 10.1. The number of guanidine groups is 1. The molecule has 1 aromatic carbocycles. The second-order valence-corrected chi connectivity index (χ2v) is 6.14. The molecule has 0 amide bonds. The van der Waals surface area contributed by atoms with E-state index in [2.05, 4.69) is 20.8 Å². The van der Waals surface area contributed by atoms with Gasteiger partial charge in [0.05, 0.1) is 18.8 Å². The van der Waals surface area contributed by atoms with Gasteiger partial charge in [0.2, 0.25) is 0 Å². The van der Waals surface area contributed by atoms with Crippen LogP contribution in [0.2, 0.25) is 0 Å². The van der Waals surface area contributed by atoms with Gasteiger partial charge in [0.15, 0.2) is 5.96 Å². The summed E-state index contributed by atoms with van der Waals surface area (Å²) in [5.74, 6) is 1.93. The summed E-state index contributed by atoms with van der Waals surface area (Å²) >= 11 is 0. The maximum Gasteiger partial charge on any atom is 0.191 e. The van der Waals surface area contributed by atoms with Crippen LogP contribution in [0.1, 0.15) is 35.3 Å². The lowest BCUT2D eigenvalue weighted by Crippen LogP contribution is -2.36. The number of hydrogen-bond donors (Lipinski definition) is 2. The third-order valence-corrected chi connectivity index (χ3v) is 4.33. The van der Waals surface area contributed by atoms with E-state index in [0.29, 0.717) is 24.6 Å². The first-order valence-corrected chi connectivity index (χ1v) is 8.61. The number of fused-ring (bicyclic) bond motifs is 1. The third-order valence-electron chi connectivity index (χ3n) is 4.33. The molecular weight excluding hydrogens is 462 g/mol. The Hall–Kier alpha value is -2.10. The molecule has 0 bridgehead atoms. The molecule has 146 valence electrons. The Morgan fingerprint density at radius 1 is 1.22 bits per heavy atom. The Labute approximate surface area is 174 Å². The number of halogens is 2. The van der Waals surface area contributed by atoms with E-state index < -0.39 is 0 Å². The predicted octanol–water partition coefficient (Wildman–Crippen LogP) is 4.36. The first-order chi connectivity index (χ1) is 12.5. The highest BCUT2D eigenvalue weighted by atomic mass is 127. The zero-order valence-electron chi connectivity index (χ0n) is 15.9. The molecule has 0 atom stereocenters. The predicted molar refractivity (Wildman–Crippen MR) is 114 cm³/mol. The lowest BCUT2D eigenvalue weighted by molar-refractivity contribution is 0.392. The van der Waals surface area contributed by atoms with Gasteiger partial charge in [-0.05, 0) is 45.9 Å². The van der Waals surface area contributed by atoms with Crippen molar-refractivity contribution in [3.05, 3.63) is 52.4 Å². The van der Waals surface area contributed by atoms with Crippen LogP contribution in [-0.4, -0.2) is 17.7 Å². The van der Waals surface area contributed by atoms with Gasteiger partial charge in [0, 0.05) is 23.1 Å². The average molecular weight is 486 g/mol. The summed E-state index contributed by atoms with van der Waals surface area (Å²) in [7, 11) is 0. The van der Waals surface area contributed by atoms with Crippen LogP contribution in [0.15, 0.2) is 32.1 Å². The zero-order chi connectivity index (χ0) is 18.7. The summed E-state index contributed by atoms with van der Waals surface area (Å²) in [6.07, 6.45) is 0. The molecule has 0 aliphatic carbocycles.